The number of ketones is 1. The lowest BCUT2D eigenvalue weighted by atomic mass is 10.1. The van der Waals surface area contributed by atoms with E-state index in [0.717, 1.165) is 24.1 Å². The minimum Gasteiger partial charge on any atom is -0.324 e. The molecule has 3 aromatic rings. The van der Waals surface area contributed by atoms with Crippen LogP contribution in [0, 0.1) is 5.92 Å². The number of benzene rings is 2. The van der Waals surface area contributed by atoms with Gasteiger partial charge in [0.2, 0.25) is 0 Å². The van der Waals surface area contributed by atoms with Gasteiger partial charge in [0.05, 0.1) is 0 Å². The molecule has 1 N–H and O–H groups in total. The standard InChI is InChI=1S/C21H18N2O2/c24-20(15-6-7-15)16-8-10-18(11-9-16)22-21(25)17-4-3-5-19(14-17)23-12-1-2-13-23/h1-5,8-15H,6-7H2,(H,22,25). The number of Topliss-reactive ketones (excluding diaryl/α,β-unsaturated/α-hetero) is 1. The molecule has 1 saturated carbocycles. The first-order valence-electron chi connectivity index (χ1n) is 8.40. The Hall–Kier alpha value is -3.14. The zero-order chi connectivity index (χ0) is 17.2. The van der Waals surface area contributed by atoms with Crippen LogP contribution in [-0.2, 0) is 0 Å². The summed E-state index contributed by atoms with van der Waals surface area (Å²) >= 11 is 0. The Labute approximate surface area is 146 Å². The second-order valence-corrected chi connectivity index (χ2v) is 6.31. The summed E-state index contributed by atoms with van der Waals surface area (Å²) in [7, 11) is 0. The van der Waals surface area contributed by atoms with Crippen LogP contribution in [0.4, 0.5) is 5.69 Å². The Kier molecular flexibility index (Phi) is 3.94. The number of anilines is 1. The summed E-state index contributed by atoms with van der Waals surface area (Å²) in [6, 6.07) is 18.5. The highest BCUT2D eigenvalue weighted by Crippen LogP contribution is 2.32. The van der Waals surface area contributed by atoms with E-state index in [1.165, 1.54) is 0 Å². The van der Waals surface area contributed by atoms with Crippen LogP contribution in [0.5, 0.6) is 0 Å². The molecule has 4 rings (SSSR count). The maximum atomic E-state index is 12.5. The van der Waals surface area contributed by atoms with E-state index >= 15 is 0 Å². The van der Waals surface area contributed by atoms with E-state index in [2.05, 4.69) is 5.32 Å². The lowest BCUT2D eigenvalue weighted by molar-refractivity contribution is 0.0967. The normalized spacial score (nSPS) is 13.4. The van der Waals surface area contributed by atoms with Crippen molar-refractivity contribution in [2.75, 3.05) is 5.32 Å². The van der Waals surface area contributed by atoms with Crippen molar-refractivity contribution in [1.82, 2.24) is 4.57 Å². The van der Waals surface area contributed by atoms with Crippen LogP contribution in [0.3, 0.4) is 0 Å². The fourth-order valence-electron chi connectivity index (χ4n) is 2.82. The Morgan fingerprint density at radius 1 is 0.880 bits per heavy atom. The number of hydrogen-bond donors (Lipinski definition) is 1. The summed E-state index contributed by atoms with van der Waals surface area (Å²) in [5.74, 6) is 0.240. The van der Waals surface area contributed by atoms with Crippen LogP contribution in [-0.4, -0.2) is 16.3 Å². The first kappa shape index (κ1) is 15.4. The predicted octanol–water partition coefficient (Wildman–Crippen LogP) is 4.32. The van der Waals surface area contributed by atoms with Crippen LogP contribution >= 0.6 is 0 Å². The number of rotatable bonds is 5. The summed E-state index contributed by atoms with van der Waals surface area (Å²) < 4.78 is 1.95. The zero-order valence-corrected chi connectivity index (χ0v) is 13.7. The van der Waals surface area contributed by atoms with Crippen molar-refractivity contribution in [3.05, 3.63) is 84.2 Å². The molecule has 1 heterocycles. The van der Waals surface area contributed by atoms with Crippen molar-refractivity contribution >= 4 is 17.4 Å². The molecule has 0 unspecified atom stereocenters. The van der Waals surface area contributed by atoms with Crippen LogP contribution in [0.25, 0.3) is 5.69 Å². The van der Waals surface area contributed by atoms with Crippen molar-refractivity contribution < 1.29 is 9.59 Å². The molecule has 1 fully saturated rings. The van der Waals surface area contributed by atoms with E-state index in [4.69, 9.17) is 0 Å². The van der Waals surface area contributed by atoms with Crippen LogP contribution in [0.15, 0.2) is 73.1 Å². The highest BCUT2D eigenvalue weighted by Gasteiger charge is 2.30. The average Bonchev–Trinajstić information content (AvgIpc) is 3.36. The van der Waals surface area contributed by atoms with Crippen molar-refractivity contribution in [3.63, 3.8) is 0 Å². The summed E-state index contributed by atoms with van der Waals surface area (Å²) in [6.07, 6.45) is 5.86. The van der Waals surface area contributed by atoms with Crippen LogP contribution in [0.1, 0.15) is 33.6 Å². The SMILES string of the molecule is O=C(Nc1ccc(C(=O)C2CC2)cc1)c1cccc(-n2cccc2)c1. The largest absolute Gasteiger partial charge is 0.324 e. The van der Waals surface area contributed by atoms with Crippen molar-refractivity contribution in [3.8, 4) is 5.69 Å². The molecule has 0 bridgehead atoms. The zero-order valence-electron chi connectivity index (χ0n) is 13.7. The number of carbonyl (C=O) groups excluding carboxylic acids is 2. The van der Waals surface area contributed by atoms with Gasteiger partial charge in [0.15, 0.2) is 5.78 Å². The fourth-order valence-corrected chi connectivity index (χ4v) is 2.82. The average molecular weight is 330 g/mol. The van der Waals surface area contributed by atoms with Crippen molar-refractivity contribution in [1.29, 1.82) is 0 Å². The fraction of sp³-hybridized carbons (Fsp3) is 0.143. The summed E-state index contributed by atoms with van der Waals surface area (Å²) in [5.41, 5.74) is 2.92. The van der Waals surface area contributed by atoms with Crippen molar-refractivity contribution in [2.45, 2.75) is 12.8 Å². The number of hydrogen-bond acceptors (Lipinski definition) is 2. The second-order valence-electron chi connectivity index (χ2n) is 6.31. The van der Waals surface area contributed by atoms with Crippen molar-refractivity contribution in [2.24, 2.45) is 5.92 Å². The van der Waals surface area contributed by atoms with Gasteiger partial charge in [-0.05, 0) is 67.4 Å². The molecule has 2 aromatic carbocycles. The molecular weight excluding hydrogens is 312 g/mol. The maximum Gasteiger partial charge on any atom is 0.255 e. The van der Waals surface area contributed by atoms with Gasteiger partial charge in [-0.2, -0.15) is 0 Å². The third-order valence-electron chi connectivity index (χ3n) is 4.39. The summed E-state index contributed by atoms with van der Waals surface area (Å²) in [5, 5.41) is 2.88. The number of aromatic nitrogens is 1. The molecule has 0 saturated heterocycles. The van der Waals surface area contributed by atoms with Gasteiger partial charge in [-0.15, -0.1) is 0 Å². The summed E-state index contributed by atoms with van der Waals surface area (Å²) in [4.78, 5) is 24.5. The molecule has 1 aromatic heterocycles. The van der Waals surface area contributed by atoms with Gasteiger partial charge in [-0.3, -0.25) is 9.59 Å². The molecule has 25 heavy (non-hydrogen) atoms. The van der Waals surface area contributed by atoms with Gasteiger partial charge in [0.1, 0.15) is 0 Å². The second kappa shape index (κ2) is 6.40. The molecule has 1 aliphatic carbocycles. The third kappa shape index (κ3) is 3.38. The van der Waals surface area contributed by atoms with E-state index in [1.807, 2.05) is 47.3 Å². The highest BCUT2D eigenvalue weighted by molar-refractivity contribution is 6.05. The topological polar surface area (TPSA) is 51.1 Å². The van der Waals surface area contributed by atoms with Gasteiger partial charge in [-0.1, -0.05) is 6.07 Å². The molecule has 1 aliphatic rings. The lowest BCUT2D eigenvalue weighted by Gasteiger charge is -2.08. The smallest absolute Gasteiger partial charge is 0.255 e. The molecule has 4 nitrogen and oxygen atoms in total. The van der Waals surface area contributed by atoms with Crippen LogP contribution in [0.2, 0.25) is 0 Å². The first-order valence-corrected chi connectivity index (χ1v) is 8.40. The van der Waals surface area contributed by atoms with E-state index in [0.29, 0.717) is 11.3 Å². The molecule has 4 heteroatoms. The molecule has 0 spiro atoms. The highest BCUT2D eigenvalue weighted by atomic mass is 16.1. The number of nitrogens with one attached hydrogen (secondary N) is 1. The molecule has 1 amide bonds. The Bertz CT molecular complexity index is 907. The minimum atomic E-state index is -0.171. The summed E-state index contributed by atoms with van der Waals surface area (Å²) in [6.45, 7) is 0. The molecule has 0 atom stereocenters. The minimum absolute atomic E-state index is 0.171. The van der Waals surface area contributed by atoms with Gasteiger partial charge in [0.25, 0.3) is 5.91 Å². The van der Waals surface area contributed by atoms with Gasteiger partial charge >= 0.3 is 0 Å². The quantitative estimate of drug-likeness (QED) is 0.708. The van der Waals surface area contributed by atoms with E-state index < -0.39 is 0 Å². The Morgan fingerprint density at radius 2 is 1.60 bits per heavy atom. The molecule has 124 valence electrons. The third-order valence-corrected chi connectivity index (χ3v) is 4.39. The predicted molar refractivity (Wildman–Crippen MR) is 97.2 cm³/mol. The molecule has 0 radical (unpaired) electrons. The van der Waals surface area contributed by atoms with Gasteiger partial charge in [-0.25, -0.2) is 0 Å². The number of amides is 1. The molecule has 0 aliphatic heterocycles. The monoisotopic (exact) mass is 330 g/mol. The van der Waals surface area contributed by atoms with E-state index in [1.54, 1.807) is 30.3 Å². The van der Waals surface area contributed by atoms with E-state index in [9.17, 15) is 9.59 Å². The van der Waals surface area contributed by atoms with Crippen LogP contribution < -0.4 is 5.32 Å². The number of nitrogens with zero attached hydrogens (tertiary/aromatic N) is 1. The maximum absolute atomic E-state index is 12.5. The van der Waals surface area contributed by atoms with Gasteiger partial charge in [0, 0.05) is 40.8 Å². The van der Waals surface area contributed by atoms with Gasteiger partial charge < -0.3 is 9.88 Å². The Morgan fingerprint density at radius 3 is 2.28 bits per heavy atom. The lowest BCUT2D eigenvalue weighted by Crippen LogP contribution is -2.12. The van der Waals surface area contributed by atoms with E-state index in [-0.39, 0.29) is 17.6 Å². The molecular formula is C21H18N2O2. The number of carbonyl (C=O) groups is 2. The first-order chi connectivity index (χ1) is 12.2. The Balaban J connectivity index is 1.48.